The van der Waals surface area contributed by atoms with Gasteiger partial charge in [-0.2, -0.15) is 0 Å². The maximum absolute atomic E-state index is 11.0. The van der Waals surface area contributed by atoms with Gasteiger partial charge in [-0.3, -0.25) is 0 Å². The largest absolute Gasteiger partial charge is 0.434 e. The summed E-state index contributed by atoms with van der Waals surface area (Å²) in [6.07, 6.45) is 2.11. The molecule has 114 valence electrons. The van der Waals surface area contributed by atoms with Crippen LogP contribution in [-0.4, -0.2) is 29.3 Å². The first-order chi connectivity index (χ1) is 9.72. The number of rotatable bonds is 3. The van der Waals surface area contributed by atoms with Crippen LogP contribution in [0.1, 0.15) is 12.8 Å². The first-order valence-electron chi connectivity index (χ1n) is 6.55. The lowest BCUT2D eigenvalue weighted by Crippen LogP contribution is -2.35. The van der Waals surface area contributed by atoms with E-state index in [4.69, 9.17) is 16.0 Å². The first-order valence-corrected chi connectivity index (χ1v) is 6.93. The van der Waals surface area contributed by atoms with Crippen molar-refractivity contribution in [1.82, 2.24) is 15.5 Å². The van der Waals surface area contributed by atoms with Crippen LogP contribution in [0.2, 0.25) is 5.02 Å². The number of aromatic nitrogens is 2. The monoisotopic (exact) mass is 330 g/mol. The Labute approximate surface area is 132 Å². The van der Waals surface area contributed by atoms with Gasteiger partial charge in [0.15, 0.2) is 0 Å². The minimum Gasteiger partial charge on any atom is -0.388 e. The van der Waals surface area contributed by atoms with Gasteiger partial charge in [-0.15, -0.1) is 17.5 Å². The molecule has 1 aliphatic rings. The number of benzene rings is 1. The minimum absolute atomic E-state index is 0. The molecule has 0 radical (unpaired) electrons. The molecule has 2 heterocycles. The highest BCUT2D eigenvalue weighted by Gasteiger charge is 2.15. The highest BCUT2D eigenvalue weighted by atomic mass is 35.5. The van der Waals surface area contributed by atoms with Gasteiger partial charge in [0.1, 0.15) is 0 Å². The zero-order valence-corrected chi connectivity index (χ0v) is 12.8. The highest BCUT2D eigenvalue weighted by molar-refractivity contribution is 6.33. The number of nitrogens with one attached hydrogen (secondary N) is 3. The topological polar surface area (TPSA) is 83.0 Å². The second-order valence-electron chi connectivity index (χ2n) is 4.78. The molecule has 0 atom stereocenters. The smallest absolute Gasteiger partial charge is 0.388 e. The molecule has 0 spiro atoms. The fourth-order valence-electron chi connectivity index (χ4n) is 2.31. The standard InChI is InChI=1S/C13H15ClN4O2.ClH/c14-10-2-1-8(12-17-18-13(19)20-12)7-11(10)16-9-3-5-15-6-4-9;/h1-2,7,9,15-16H,3-6H2,(H,18,19);1H. The summed E-state index contributed by atoms with van der Waals surface area (Å²) in [4.78, 5) is 11.0. The number of aromatic amines is 1. The van der Waals surface area contributed by atoms with E-state index in [0.717, 1.165) is 31.6 Å². The zero-order chi connectivity index (χ0) is 13.9. The van der Waals surface area contributed by atoms with Gasteiger partial charge >= 0.3 is 5.76 Å². The van der Waals surface area contributed by atoms with Crippen LogP contribution in [0, 0.1) is 0 Å². The third-order valence-corrected chi connectivity index (χ3v) is 3.68. The summed E-state index contributed by atoms with van der Waals surface area (Å²) in [7, 11) is 0. The van der Waals surface area contributed by atoms with Crippen molar-refractivity contribution >= 4 is 29.7 Å². The second kappa shape index (κ2) is 6.98. The van der Waals surface area contributed by atoms with E-state index in [9.17, 15) is 4.79 Å². The van der Waals surface area contributed by atoms with Gasteiger partial charge in [0.2, 0.25) is 5.89 Å². The van der Waals surface area contributed by atoms with Crippen molar-refractivity contribution in [1.29, 1.82) is 0 Å². The lowest BCUT2D eigenvalue weighted by molar-refractivity contribution is 0.479. The highest BCUT2D eigenvalue weighted by Crippen LogP contribution is 2.28. The number of anilines is 1. The van der Waals surface area contributed by atoms with Crippen molar-refractivity contribution in [3.63, 3.8) is 0 Å². The Morgan fingerprint density at radius 2 is 2.10 bits per heavy atom. The number of nitrogens with zero attached hydrogens (tertiary/aromatic N) is 1. The van der Waals surface area contributed by atoms with Gasteiger partial charge in [-0.1, -0.05) is 11.6 Å². The molecule has 0 saturated carbocycles. The van der Waals surface area contributed by atoms with Gasteiger partial charge in [0.05, 0.1) is 10.7 Å². The average molecular weight is 331 g/mol. The van der Waals surface area contributed by atoms with E-state index >= 15 is 0 Å². The molecule has 1 fully saturated rings. The minimum atomic E-state index is -0.567. The summed E-state index contributed by atoms with van der Waals surface area (Å²) in [6.45, 7) is 2.01. The predicted octanol–water partition coefficient (Wildman–Crippen LogP) is 2.27. The molecule has 6 nitrogen and oxygen atoms in total. The Morgan fingerprint density at radius 1 is 1.33 bits per heavy atom. The molecule has 0 unspecified atom stereocenters. The second-order valence-corrected chi connectivity index (χ2v) is 5.19. The van der Waals surface area contributed by atoms with Gasteiger partial charge in [0.25, 0.3) is 0 Å². The van der Waals surface area contributed by atoms with Crippen molar-refractivity contribution < 1.29 is 4.42 Å². The van der Waals surface area contributed by atoms with Crippen molar-refractivity contribution in [2.24, 2.45) is 0 Å². The summed E-state index contributed by atoms with van der Waals surface area (Å²) in [6, 6.07) is 5.79. The molecule has 8 heteroatoms. The Morgan fingerprint density at radius 3 is 2.76 bits per heavy atom. The number of hydrogen-bond acceptors (Lipinski definition) is 5. The molecule has 0 aliphatic carbocycles. The van der Waals surface area contributed by atoms with E-state index < -0.39 is 5.76 Å². The third kappa shape index (κ3) is 3.78. The van der Waals surface area contributed by atoms with Crippen LogP contribution in [0.3, 0.4) is 0 Å². The van der Waals surface area contributed by atoms with Crippen LogP contribution < -0.4 is 16.4 Å². The van der Waals surface area contributed by atoms with Crippen molar-refractivity contribution in [3.8, 4) is 11.5 Å². The number of H-pyrrole nitrogens is 1. The molecule has 1 aromatic carbocycles. The van der Waals surface area contributed by atoms with Crippen LogP contribution in [0.15, 0.2) is 27.4 Å². The third-order valence-electron chi connectivity index (χ3n) is 3.35. The SMILES string of the molecule is Cl.O=c1[nH]nc(-c2ccc(Cl)c(NC3CCNCC3)c2)o1. The van der Waals surface area contributed by atoms with Crippen LogP contribution in [0.5, 0.6) is 0 Å². The lowest BCUT2D eigenvalue weighted by atomic mass is 10.1. The van der Waals surface area contributed by atoms with E-state index in [1.165, 1.54) is 0 Å². The Bertz CT molecular complexity index is 650. The molecule has 3 N–H and O–H groups in total. The van der Waals surface area contributed by atoms with Gasteiger partial charge in [-0.05, 0) is 44.1 Å². The van der Waals surface area contributed by atoms with Crippen LogP contribution in [0.25, 0.3) is 11.5 Å². The van der Waals surface area contributed by atoms with E-state index in [-0.39, 0.29) is 18.3 Å². The zero-order valence-electron chi connectivity index (χ0n) is 11.2. The average Bonchev–Trinajstić information content (AvgIpc) is 2.89. The molecule has 2 aromatic rings. The maximum Gasteiger partial charge on any atom is 0.434 e. The molecule has 21 heavy (non-hydrogen) atoms. The van der Waals surface area contributed by atoms with E-state index in [1.807, 2.05) is 6.07 Å². The van der Waals surface area contributed by atoms with Gasteiger partial charge in [-0.25, -0.2) is 9.89 Å². The summed E-state index contributed by atoms with van der Waals surface area (Å²) in [5, 5.41) is 13.5. The lowest BCUT2D eigenvalue weighted by Gasteiger charge is -2.25. The number of hydrogen-bond donors (Lipinski definition) is 3. The van der Waals surface area contributed by atoms with Crippen LogP contribution >= 0.6 is 24.0 Å². The molecule has 1 aliphatic heterocycles. The van der Waals surface area contributed by atoms with E-state index in [2.05, 4.69) is 20.8 Å². The molecular formula is C13H16Cl2N4O2. The van der Waals surface area contributed by atoms with Gasteiger partial charge < -0.3 is 15.1 Å². The normalized spacial score (nSPS) is 15.5. The maximum atomic E-state index is 11.0. The van der Waals surface area contributed by atoms with E-state index in [1.54, 1.807) is 12.1 Å². The molecule has 1 saturated heterocycles. The number of piperidine rings is 1. The molecule has 1 aromatic heterocycles. The summed E-state index contributed by atoms with van der Waals surface area (Å²) in [5.74, 6) is -0.303. The van der Waals surface area contributed by atoms with Crippen LogP contribution in [-0.2, 0) is 0 Å². The van der Waals surface area contributed by atoms with Crippen molar-refractivity contribution in [2.75, 3.05) is 18.4 Å². The summed E-state index contributed by atoms with van der Waals surface area (Å²) < 4.78 is 4.95. The Kier molecular flexibility index (Phi) is 5.27. The van der Waals surface area contributed by atoms with Crippen LogP contribution in [0.4, 0.5) is 5.69 Å². The fourth-order valence-corrected chi connectivity index (χ4v) is 2.48. The molecule has 0 amide bonds. The summed E-state index contributed by atoms with van der Waals surface area (Å²) in [5.41, 5.74) is 1.55. The summed E-state index contributed by atoms with van der Waals surface area (Å²) >= 11 is 6.21. The van der Waals surface area contributed by atoms with Crippen molar-refractivity contribution in [2.45, 2.75) is 18.9 Å². The van der Waals surface area contributed by atoms with E-state index in [0.29, 0.717) is 16.6 Å². The van der Waals surface area contributed by atoms with Crippen molar-refractivity contribution in [3.05, 3.63) is 33.8 Å². The molecular weight excluding hydrogens is 315 g/mol. The number of halogens is 2. The fraction of sp³-hybridized carbons (Fsp3) is 0.385. The molecule has 0 bridgehead atoms. The predicted molar refractivity (Wildman–Crippen MR) is 84.3 cm³/mol. The quantitative estimate of drug-likeness (QED) is 0.804. The Hall–Kier alpha value is -1.50. The Balaban J connectivity index is 0.00000161. The first kappa shape index (κ1) is 15.9. The molecule has 3 rings (SSSR count). The van der Waals surface area contributed by atoms with Gasteiger partial charge in [0, 0.05) is 11.6 Å².